The van der Waals surface area contributed by atoms with Crippen LogP contribution in [0.2, 0.25) is 0 Å². The van der Waals surface area contributed by atoms with Crippen molar-refractivity contribution in [3.8, 4) is 0 Å². The summed E-state index contributed by atoms with van der Waals surface area (Å²) >= 11 is 7.86. The van der Waals surface area contributed by atoms with E-state index in [2.05, 4.69) is 22.8 Å². The minimum absolute atomic E-state index is 0.742. The number of halogens is 1. The number of nitrogens with one attached hydrogen (secondary N) is 1. The molecule has 0 saturated heterocycles. The van der Waals surface area contributed by atoms with Crippen LogP contribution in [0, 0.1) is 11.8 Å². The van der Waals surface area contributed by atoms with Crippen molar-refractivity contribution in [1.82, 2.24) is 5.32 Å². The normalized spacial score (nSPS) is 25.8. The van der Waals surface area contributed by atoms with E-state index >= 15 is 0 Å². The fraction of sp³-hybridized carbons (Fsp3) is 0.692. The fourth-order valence-corrected chi connectivity index (χ4v) is 3.63. The van der Waals surface area contributed by atoms with E-state index in [1.54, 1.807) is 0 Å². The van der Waals surface area contributed by atoms with Crippen molar-refractivity contribution in [2.75, 3.05) is 12.4 Å². The molecule has 16 heavy (non-hydrogen) atoms. The molecule has 0 amide bonds. The van der Waals surface area contributed by atoms with Gasteiger partial charge in [0.05, 0.1) is 0 Å². The first-order chi connectivity index (χ1) is 7.90. The smallest absolute Gasteiger partial charge is 0.0299 e. The van der Waals surface area contributed by atoms with E-state index in [0.717, 1.165) is 30.8 Å². The molecule has 1 nitrogen and oxygen atoms in total. The first-order valence-electron chi connectivity index (χ1n) is 6.19. The molecule has 1 aliphatic carbocycles. The Bertz CT molecular complexity index is 286. The standard InChI is InChI=1S/C13H20ClNS/c14-8-11-4-1-2-5-12(11)9-15-10-13-6-3-7-16-13/h3,6-7,11-12,15H,1-2,4-5,8-10H2. The van der Waals surface area contributed by atoms with Crippen molar-refractivity contribution in [2.45, 2.75) is 32.2 Å². The van der Waals surface area contributed by atoms with Crippen LogP contribution in [0.3, 0.4) is 0 Å². The van der Waals surface area contributed by atoms with E-state index in [0.29, 0.717) is 0 Å². The highest BCUT2D eigenvalue weighted by molar-refractivity contribution is 7.09. The Morgan fingerprint density at radius 3 is 2.81 bits per heavy atom. The fourth-order valence-electron chi connectivity index (χ4n) is 2.55. The maximum Gasteiger partial charge on any atom is 0.0299 e. The van der Waals surface area contributed by atoms with E-state index in [1.165, 1.54) is 30.6 Å². The Labute approximate surface area is 107 Å². The maximum absolute atomic E-state index is 6.03. The van der Waals surface area contributed by atoms with Crippen molar-refractivity contribution in [1.29, 1.82) is 0 Å². The van der Waals surface area contributed by atoms with E-state index < -0.39 is 0 Å². The van der Waals surface area contributed by atoms with Gasteiger partial charge >= 0.3 is 0 Å². The second kappa shape index (κ2) is 6.63. The first-order valence-corrected chi connectivity index (χ1v) is 7.60. The quantitative estimate of drug-likeness (QED) is 0.790. The molecule has 1 aromatic heterocycles. The Balaban J connectivity index is 1.71. The monoisotopic (exact) mass is 257 g/mol. The molecule has 2 unspecified atom stereocenters. The van der Waals surface area contributed by atoms with E-state index in [9.17, 15) is 0 Å². The van der Waals surface area contributed by atoms with Crippen LogP contribution in [0.15, 0.2) is 17.5 Å². The summed E-state index contributed by atoms with van der Waals surface area (Å²) in [6.45, 7) is 2.15. The topological polar surface area (TPSA) is 12.0 Å². The first kappa shape index (κ1) is 12.4. The summed E-state index contributed by atoms with van der Waals surface area (Å²) in [5.41, 5.74) is 0. The predicted molar refractivity (Wildman–Crippen MR) is 72.2 cm³/mol. The highest BCUT2D eigenvalue weighted by atomic mass is 35.5. The van der Waals surface area contributed by atoms with Gasteiger partial charge in [0.15, 0.2) is 0 Å². The second-order valence-electron chi connectivity index (χ2n) is 4.67. The van der Waals surface area contributed by atoms with Gasteiger partial charge in [-0.05, 0) is 42.7 Å². The predicted octanol–water partition coefficient (Wildman–Crippen LogP) is 3.88. The van der Waals surface area contributed by atoms with Crippen LogP contribution >= 0.6 is 22.9 Å². The number of alkyl halides is 1. The zero-order valence-corrected chi connectivity index (χ0v) is 11.2. The number of hydrogen-bond donors (Lipinski definition) is 1. The molecule has 1 aromatic rings. The summed E-state index contributed by atoms with van der Waals surface area (Å²) in [6, 6.07) is 4.31. The van der Waals surface area contributed by atoms with Gasteiger partial charge < -0.3 is 5.32 Å². The van der Waals surface area contributed by atoms with E-state index in [1.807, 2.05) is 11.3 Å². The minimum atomic E-state index is 0.742. The average molecular weight is 258 g/mol. The molecule has 2 atom stereocenters. The van der Waals surface area contributed by atoms with E-state index in [4.69, 9.17) is 11.6 Å². The Kier molecular flexibility index (Phi) is 5.14. The van der Waals surface area contributed by atoms with Crippen molar-refractivity contribution in [3.63, 3.8) is 0 Å². The van der Waals surface area contributed by atoms with Crippen LogP contribution in [-0.4, -0.2) is 12.4 Å². The van der Waals surface area contributed by atoms with Gasteiger partial charge in [0.2, 0.25) is 0 Å². The molecule has 0 spiro atoms. The molecular formula is C13H20ClNS. The maximum atomic E-state index is 6.03. The molecule has 0 aliphatic heterocycles. The van der Waals surface area contributed by atoms with E-state index in [-0.39, 0.29) is 0 Å². The van der Waals surface area contributed by atoms with Crippen LogP contribution in [0.1, 0.15) is 30.6 Å². The minimum Gasteiger partial charge on any atom is -0.312 e. The summed E-state index contributed by atoms with van der Waals surface area (Å²) in [5.74, 6) is 2.38. The van der Waals surface area contributed by atoms with Gasteiger partial charge in [-0.1, -0.05) is 18.9 Å². The van der Waals surface area contributed by atoms with Crippen LogP contribution in [0.4, 0.5) is 0 Å². The zero-order chi connectivity index (χ0) is 11.2. The number of thiophene rings is 1. The van der Waals surface area contributed by atoms with Gasteiger partial charge in [0, 0.05) is 17.3 Å². The van der Waals surface area contributed by atoms with Crippen LogP contribution in [0.25, 0.3) is 0 Å². The van der Waals surface area contributed by atoms with Gasteiger partial charge in [-0.2, -0.15) is 0 Å². The molecule has 1 aliphatic rings. The lowest BCUT2D eigenvalue weighted by atomic mass is 9.80. The summed E-state index contributed by atoms with van der Waals surface area (Å²) in [6.07, 6.45) is 5.45. The summed E-state index contributed by atoms with van der Waals surface area (Å²) in [4.78, 5) is 1.43. The molecule has 1 N–H and O–H groups in total. The lowest BCUT2D eigenvalue weighted by Gasteiger charge is -2.30. The van der Waals surface area contributed by atoms with Gasteiger partial charge in [-0.25, -0.2) is 0 Å². The van der Waals surface area contributed by atoms with Crippen molar-refractivity contribution >= 4 is 22.9 Å². The molecule has 1 heterocycles. The van der Waals surface area contributed by atoms with Crippen molar-refractivity contribution < 1.29 is 0 Å². The Morgan fingerprint density at radius 2 is 2.12 bits per heavy atom. The van der Waals surface area contributed by atoms with Crippen LogP contribution < -0.4 is 5.32 Å². The van der Waals surface area contributed by atoms with Crippen molar-refractivity contribution in [2.24, 2.45) is 11.8 Å². The van der Waals surface area contributed by atoms with Gasteiger partial charge in [-0.3, -0.25) is 0 Å². The summed E-state index contributed by atoms with van der Waals surface area (Å²) < 4.78 is 0. The van der Waals surface area contributed by atoms with Gasteiger partial charge in [0.1, 0.15) is 0 Å². The molecule has 0 radical (unpaired) electrons. The molecular weight excluding hydrogens is 238 g/mol. The number of rotatable bonds is 5. The lowest BCUT2D eigenvalue weighted by molar-refractivity contribution is 0.251. The third kappa shape index (κ3) is 3.47. The third-order valence-corrected chi connectivity index (χ3v) is 4.82. The summed E-state index contributed by atoms with van der Waals surface area (Å²) in [5, 5.41) is 5.71. The van der Waals surface area contributed by atoms with Crippen LogP contribution in [0.5, 0.6) is 0 Å². The molecule has 0 bridgehead atoms. The third-order valence-electron chi connectivity index (χ3n) is 3.55. The SMILES string of the molecule is ClCC1CCCCC1CNCc1cccs1. The van der Waals surface area contributed by atoms with Crippen molar-refractivity contribution in [3.05, 3.63) is 22.4 Å². The second-order valence-corrected chi connectivity index (χ2v) is 6.01. The highest BCUT2D eigenvalue weighted by Gasteiger charge is 2.23. The number of hydrogen-bond acceptors (Lipinski definition) is 2. The highest BCUT2D eigenvalue weighted by Crippen LogP contribution is 2.30. The molecule has 3 heteroatoms. The van der Waals surface area contributed by atoms with Gasteiger partial charge in [0.25, 0.3) is 0 Å². The molecule has 2 rings (SSSR count). The van der Waals surface area contributed by atoms with Crippen LogP contribution in [-0.2, 0) is 6.54 Å². The average Bonchev–Trinajstić information content (AvgIpc) is 2.83. The lowest BCUT2D eigenvalue weighted by Crippen LogP contribution is -2.31. The molecule has 90 valence electrons. The van der Waals surface area contributed by atoms with Gasteiger partial charge in [-0.15, -0.1) is 22.9 Å². The largest absolute Gasteiger partial charge is 0.312 e. The Hall–Kier alpha value is -0.0500. The molecule has 0 aromatic carbocycles. The molecule has 1 fully saturated rings. The summed E-state index contributed by atoms with van der Waals surface area (Å²) in [7, 11) is 0. The molecule has 1 saturated carbocycles. The zero-order valence-electron chi connectivity index (χ0n) is 9.62. The Morgan fingerprint density at radius 1 is 1.31 bits per heavy atom.